The van der Waals surface area contributed by atoms with Crippen molar-refractivity contribution >= 4 is 27.3 Å². The summed E-state index contributed by atoms with van der Waals surface area (Å²) < 4.78 is 77.9. The second-order valence-corrected chi connectivity index (χ2v) is 9.32. The molecule has 1 aromatic carbocycles. The van der Waals surface area contributed by atoms with Crippen LogP contribution in [0, 0.1) is 12.7 Å². The molecule has 0 bridgehead atoms. The predicted molar refractivity (Wildman–Crippen MR) is 118 cm³/mol. The smallest absolute Gasteiger partial charge is 0.348 e. The number of halogens is 4. The molecule has 0 aliphatic carbocycles. The van der Waals surface area contributed by atoms with Crippen molar-refractivity contribution in [1.29, 1.82) is 0 Å². The Balaban J connectivity index is 2.03. The molecule has 1 aliphatic heterocycles. The standard InChI is InChI=1S/C21H26F4N4O3S/c1-4-5-6-18-27-17(21(23,24)25)7-9-29(18)10-8-19(30)26-13-15-11-14(2)20(16(22)12-15)28-33(3,31)32/h7-12,18,28H,4-6,13H2,1-3H3,(H,26,30). The van der Waals surface area contributed by atoms with Crippen molar-refractivity contribution in [3.63, 3.8) is 0 Å². The number of allylic oxidation sites excluding steroid dienone is 1. The Kier molecular flexibility index (Phi) is 8.64. The summed E-state index contributed by atoms with van der Waals surface area (Å²) in [5, 5.41) is 2.55. The van der Waals surface area contributed by atoms with Gasteiger partial charge in [-0.25, -0.2) is 12.8 Å². The molecular formula is C21H26F4N4O3S. The van der Waals surface area contributed by atoms with Crippen molar-refractivity contribution in [3.8, 4) is 0 Å². The summed E-state index contributed by atoms with van der Waals surface area (Å²) in [5.74, 6) is -1.32. The third-order valence-corrected chi connectivity index (χ3v) is 5.22. The van der Waals surface area contributed by atoms with Crippen LogP contribution in [0.2, 0.25) is 0 Å². The third-order valence-electron chi connectivity index (χ3n) is 4.64. The summed E-state index contributed by atoms with van der Waals surface area (Å²) in [7, 11) is -3.65. The number of hydrogen-bond acceptors (Lipinski definition) is 5. The lowest BCUT2D eigenvalue weighted by molar-refractivity contribution is -0.116. The van der Waals surface area contributed by atoms with Gasteiger partial charge in [0.15, 0.2) is 0 Å². The van der Waals surface area contributed by atoms with E-state index >= 15 is 0 Å². The summed E-state index contributed by atoms with van der Waals surface area (Å²) in [5.41, 5.74) is -0.384. The van der Waals surface area contributed by atoms with Gasteiger partial charge in [0, 0.05) is 25.0 Å². The molecule has 0 fully saturated rings. The summed E-state index contributed by atoms with van der Waals surface area (Å²) in [6.07, 6.45) is 1.99. The molecule has 0 saturated heterocycles. The van der Waals surface area contributed by atoms with E-state index < -0.39 is 39.8 Å². The van der Waals surface area contributed by atoms with Crippen LogP contribution in [-0.4, -0.2) is 43.5 Å². The van der Waals surface area contributed by atoms with Crippen molar-refractivity contribution in [2.75, 3.05) is 11.0 Å². The first-order valence-electron chi connectivity index (χ1n) is 10.1. The predicted octanol–water partition coefficient (Wildman–Crippen LogP) is 3.98. The number of alkyl halides is 3. The number of benzene rings is 1. The minimum atomic E-state index is -4.55. The molecule has 1 aliphatic rings. The SMILES string of the molecule is CCCCC1N=C(C(F)(F)F)C=CN1C=CC(=O)NCc1cc(C)c(NS(C)(=O)=O)c(F)c1. The van der Waals surface area contributed by atoms with E-state index in [4.69, 9.17) is 0 Å². The number of carbonyl (C=O) groups is 1. The maximum atomic E-state index is 14.3. The second kappa shape index (κ2) is 10.8. The van der Waals surface area contributed by atoms with Gasteiger partial charge in [0.1, 0.15) is 17.7 Å². The first-order chi connectivity index (χ1) is 15.3. The maximum Gasteiger partial charge on any atom is 0.433 e. The van der Waals surface area contributed by atoms with Gasteiger partial charge in [0.2, 0.25) is 15.9 Å². The first-order valence-corrected chi connectivity index (χ1v) is 12.0. The highest BCUT2D eigenvalue weighted by Gasteiger charge is 2.36. The number of nitrogens with one attached hydrogen (secondary N) is 2. The van der Waals surface area contributed by atoms with Crippen molar-refractivity contribution in [2.45, 2.75) is 52.0 Å². The molecule has 0 radical (unpaired) electrons. The highest BCUT2D eigenvalue weighted by molar-refractivity contribution is 7.92. The van der Waals surface area contributed by atoms with E-state index in [0.29, 0.717) is 24.0 Å². The van der Waals surface area contributed by atoms with E-state index in [1.165, 1.54) is 30.3 Å². The minimum absolute atomic E-state index is 0.0361. The van der Waals surface area contributed by atoms with Gasteiger partial charge in [-0.3, -0.25) is 14.5 Å². The molecule has 2 rings (SSSR count). The summed E-state index contributed by atoms with van der Waals surface area (Å²) in [6, 6.07) is 2.63. The average Bonchev–Trinajstić information content (AvgIpc) is 2.70. The van der Waals surface area contributed by atoms with Gasteiger partial charge in [0.05, 0.1) is 11.9 Å². The van der Waals surface area contributed by atoms with Gasteiger partial charge >= 0.3 is 6.18 Å². The normalized spacial score (nSPS) is 16.8. The fourth-order valence-electron chi connectivity index (χ4n) is 3.08. The van der Waals surface area contributed by atoms with E-state index in [2.05, 4.69) is 15.0 Å². The van der Waals surface area contributed by atoms with Gasteiger partial charge < -0.3 is 10.2 Å². The van der Waals surface area contributed by atoms with Crippen LogP contribution in [0.5, 0.6) is 0 Å². The van der Waals surface area contributed by atoms with Crippen LogP contribution < -0.4 is 10.0 Å². The van der Waals surface area contributed by atoms with Crippen molar-refractivity contribution < 1.29 is 30.8 Å². The topological polar surface area (TPSA) is 90.9 Å². The van der Waals surface area contributed by atoms with Gasteiger partial charge in [0.25, 0.3) is 0 Å². The summed E-state index contributed by atoms with van der Waals surface area (Å²) in [4.78, 5) is 17.4. The Morgan fingerprint density at radius 2 is 2.00 bits per heavy atom. The lowest BCUT2D eigenvalue weighted by Gasteiger charge is -2.28. The number of amides is 1. The molecule has 1 unspecified atom stereocenters. The fraction of sp³-hybridized carbons (Fsp3) is 0.429. The molecular weight excluding hydrogens is 464 g/mol. The lowest BCUT2D eigenvalue weighted by atomic mass is 10.1. The largest absolute Gasteiger partial charge is 0.433 e. The second-order valence-electron chi connectivity index (χ2n) is 7.58. The lowest BCUT2D eigenvalue weighted by Crippen LogP contribution is -2.34. The van der Waals surface area contributed by atoms with Crippen LogP contribution in [0.1, 0.15) is 37.3 Å². The number of sulfonamides is 1. The Bertz CT molecular complexity index is 1040. The summed E-state index contributed by atoms with van der Waals surface area (Å²) >= 11 is 0. The zero-order valence-electron chi connectivity index (χ0n) is 18.4. The molecule has 0 saturated carbocycles. The third kappa shape index (κ3) is 8.19. The van der Waals surface area contributed by atoms with Gasteiger partial charge in [-0.2, -0.15) is 13.2 Å². The number of carbonyl (C=O) groups excluding carboxylic acids is 1. The molecule has 7 nitrogen and oxygen atoms in total. The quantitative estimate of drug-likeness (QED) is 0.405. The molecule has 33 heavy (non-hydrogen) atoms. The monoisotopic (exact) mass is 490 g/mol. The number of rotatable bonds is 9. The van der Waals surface area contributed by atoms with Crippen LogP contribution in [0.3, 0.4) is 0 Å². The van der Waals surface area contributed by atoms with E-state index in [9.17, 15) is 30.8 Å². The van der Waals surface area contributed by atoms with Crippen LogP contribution in [0.15, 0.2) is 41.7 Å². The van der Waals surface area contributed by atoms with Gasteiger partial charge in [-0.05, 0) is 43.0 Å². The number of aliphatic imine (C=N–C) groups is 1. The number of unbranched alkanes of at least 4 members (excludes halogenated alkanes) is 1. The summed E-state index contributed by atoms with van der Waals surface area (Å²) in [6.45, 7) is 3.40. The number of anilines is 1. The molecule has 1 aromatic rings. The molecule has 1 heterocycles. The highest BCUT2D eigenvalue weighted by atomic mass is 32.2. The van der Waals surface area contributed by atoms with Crippen LogP contribution in [-0.2, 0) is 21.4 Å². The highest BCUT2D eigenvalue weighted by Crippen LogP contribution is 2.25. The van der Waals surface area contributed by atoms with E-state index in [0.717, 1.165) is 30.9 Å². The average molecular weight is 491 g/mol. The Labute approximate surface area is 190 Å². The van der Waals surface area contributed by atoms with Crippen molar-refractivity contribution in [3.05, 3.63) is 53.6 Å². The fourth-order valence-corrected chi connectivity index (χ4v) is 3.71. The zero-order valence-corrected chi connectivity index (χ0v) is 19.2. The zero-order chi connectivity index (χ0) is 24.8. The van der Waals surface area contributed by atoms with Gasteiger partial charge in [-0.15, -0.1) is 0 Å². The van der Waals surface area contributed by atoms with Crippen LogP contribution >= 0.6 is 0 Å². The molecule has 182 valence electrons. The van der Waals surface area contributed by atoms with E-state index in [-0.39, 0.29) is 12.2 Å². The Hall–Kier alpha value is -2.89. The van der Waals surface area contributed by atoms with Gasteiger partial charge in [-0.1, -0.05) is 19.4 Å². The molecule has 12 heteroatoms. The molecule has 0 aromatic heterocycles. The minimum Gasteiger partial charge on any atom is -0.348 e. The van der Waals surface area contributed by atoms with Crippen LogP contribution in [0.25, 0.3) is 0 Å². The van der Waals surface area contributed by atoms with E-state index in [1.54, 1.807) is 0 Å². The Morgan fingerprint density at radius 3 is 2.58 bits per heavy atom. The molecule has 1 amide bonds. The molecule has 1 atom stereocenters. The maximum absolute atomic E-state index is 14.3. The number of hydrogen-bond donors (Lipinski definition) is 2. The number of nitrogens with zero attached hydrogens (tertiary/aromatic N) is 2. The van der Waals surface area contributed by atoms with Crippen molar-refractivity contribution in [1.82, 2.24) is 10.2 Å². The Morgan fingerprint density at radius 1 is 1.30 bits per heavy atom. The number of aryl methyl sites for hydroxylation is 1. The van der Waals surface area contributed by atoms with Crippen molar-refractivity contribution in [2.24, 2.45) is 4.99 Å². The molecule has 2 N–H and O–H groups in total. The first kappa shape index (κ1) is 26.4. The van der Waals surface area contributed by atoms with Crippen LogP contribution in [0.4, 0.5) is 23.2 Å². The van der Waals surface area contributed by atoms with E-state index in [1.807, 2.05) is 6.92 Å². The molecule has 0 spiro atoms.